The van der Waals surface area contributed by atoms with Crippen molar-refractivity contribution in [2.24, 2.45) is 5.41 Å². The Hall–Kier alpha value is -2.18. The minimum Gasteiger partial charge on any atom is -0.481 e. The van der Waals surface area contributed by atoms with Crippen LogP contribution in [0.4, 0.5) is 11.5 Å². The molecule has 0 saturated heterocycles. The number of nitro groups is 1. The monoisotopic (exact) mass is 281 g/mol. The van der Waals surface area contributed by atoms with E-state index in [-0.39, 0.29) is 23.7 Å². The maximum Gasteiger partial charge on any atom is 0.363 e. The molecule has 0 aliphatic heterocycles. The molecule has 1 rings (SSSR count). The van der Waals surface area contributed by atoms with Gasteiger partial charge in [0.05, 0.1) is 12.1 Å². The first kappa shape index (κ1) is 15.9. The van der Waals surface area contributed by atoms with Gasteiger partial charge >= 0.3 is 11.8 Å². The van der Waals surface area contributed by atoms with Crippen LogP contribution in [0.15, 0.2) is 18.3 Å². The Bertz CT molecular complexity index is 479. The van der Waals surface area contributed by atoms with Crippen LogP contribution in [0.25, 0.3) is 0 Å². The number of nitrogens with one attached hydrogen (secondary N) is 1. The molecule has 2 N–H and O–H groups in total. The summed E-state index contributed by atoms with van der Waals surface area (Å²) in [7, 11) is 0. The third kappa shape index (κ3) is 5.64. The van der Waals surface area contributed by atoms with E-state index in [1.807, 2.05) is 20.8 Å². The standard InChI is InChI=1S/C13H19N3O4/c1-13(2,3)7-10(6-12(17)18)15-9-4-5-11(14-8-9)16(19)20/h4-5,8,10,15H,6-7H2,1-3H3,(H,17,18). The minimum atomic E-state index is -0.887. The van der Waals surface area contributed by atoms with Gasteiger partial charge in [-0.15, -0.1) is 0 Å². The SMILES string of the molecule is CC(C)(C)CC(CC(=O)O)Nc1ccc([N+](=O)[O-])nc1. The third-order valence-corrected chi connectivity index (χ3v) is 2.59. The largest absolute Gasteiger partial charge is 0.481 e. The molecule has 0 aromatic carbocycles. The molecule has 0 amide bonds. The van der Waals surface area contributed by atoms with E-state index in [0.29, 0.717) is 12.1 Å². The zero-order valence-electron chi connectivity index (χ0n) is 11.8. The number of hydrogen-bond acceptors (Lipinski definition) is 5. The van der Waals surface area contributed by atoms with E-state index in [9.17, 15) is 14.9 Å². The van der Waals surface area contributed by atoms with Gasteiger partial charge in [-0.1, -0.05) is 20.8 Å². The zero-order chi connectivity index (χ0) is 15.3. The maximum atomic E-state index is 10.9. The van der Waals surface area contributed by atoms with E-state index in [1.54, 1.807) is 0 Å². The van der Waals surface area contributed by atoms with Crippen molar-refractivity contribution in [2.45, 2.75) is 39.7 Å². The van der Waals surface area contributed by atoms with Gasteiger partial charge in [-0.25, -0.2) is 0 Å². The Balaban J connectivity index is 2.78. The van der Waals surface area contributed by atoms with Crippen molar-refractivity contribution in [1.82, 2.24) is 4.98 Å². The van der Waals surface area contributed by atoms with Crippen molar-refractivity contribution >= 4 is 17.5 Å². The lowest BCUT2D eigenvalue weighted by atomic mass is 9.87. The van der Waals surface area contributed by atoms with Crippen LogP contribution < -0.4 is 5.32 Å². The molecule has 1 aromatic heterocycles. The van der Waals surface area contributed by atoms with Crippen LogP contribution in [0.1, 0.15) is 33.6 Å². The Morgan fingerprint density at radius 2 is 2.15 bits per heavy atom. The number of nitrogens with zero attached hydrogens (tertiary/aromatic N) is 2. The maximum absolute atomic E-state index is 10.9. The van der Waals surface area contributed by atoms with E-state index in [0.717, 1.165) is 0 Å². The predicted molar refractivity (Wildman–Crippen MR) is 74.6 cm³/mol. The Labute approximate surface area is 117 Å². The van der Waals surface area contributed by atoms with Gasteiger partial charge in [0, 0.05) is 12.1 Å². The molecule has 1 unspecified atom stereocenters. The molecule has 0 aliphatic carbocycles. The van der Waals surface area contributed by atoms with Gasteiger partial charge in [-0.2, -0.15) is 0 Å². The average molecular weight is 281 g/mol. The number of anilines is 1. The van der Waals surface area contributed by atoms with E-state index in [1.165, 1.54) is 18.3 Å². The van der Waals surface area contributed by atoms with Crippen molar-refractivity contribution < 1.29 is 14.8 Å². The summed E-state index contributed by atoms with van der Waals surface area (Å²) in [5, 5.41) is 22.5. The number of hydrogen-bond donors (Lipinski definition) is 2. The molecule has 0 aliphatic rings. The van der Waals surface area contributed by atoms with E-state index >= 15 is 0 Å². The molecule has 7 nitrogen and oxygen atoms in total. The number of rotatable bonds is 6. The highest BCUT2D eigenvalue weighted by Crippen LogP contribution is 2.24. The Morgan fingerprint density at radius 1 is 1.50 bits per heavy atom. The first-order valence-electron chi connectivity index (χ1n) is 6.26. The number of carboxylic acids is 1. The molecule has 0 fully saturated rings. The molecular weight excluding hydrogens is 262 g/mol. The van der Waals surface area contributed by atoms with Gasteiger partial charge in [0.25, 0.3) is 0 Å². The van der Waals surface area contributed by atoms with Gasteiger partial charge in [0.15, 0.2) is 6.20 Å². The van der Waals surface area contributed by atoms with Crippen LogP contribution in [-0.2, 0) is 4.79 Å². The first-order chi connectivity index (χ1) is 9.17. The lowest BCUT2D eigenvalue weighted by Gasteiger charge is -2.26. The molecule has 20 heavy (non-hydrogen) atoms. The topological polar surface area (TPSA) is 105 Å². The van der Waals surface area contributed by atoms with Gasteiger partial charge in [-0.3, -0.25) is 4.79 Å². The fourth-order valence-corrected chi connectivity index (χ4v) is 1.94. The molecule has 0 bridgehead atoms. The van der Waals surface area contributed by atoms with Crippen molar-refractivity contribution in [3.8, 4) is 0 Å². The smallest absolute Gasteiger partial charge is 0.363 e. The molecule has 1 atom stereocenters. The zero-order valence-corrected chi connectivity index (χ0v) is 11.8. The van der Waals surface area contributed by atoms with Crippen LogP contribution in [0.5, 0.6) is 0 Å². The molecule has 1 heterocycles. The quantitative estimate of drug-likeness (QED) is 0.613. The molecule has 110 valence electrons. The van der Waals surface area contributed by atoms with Gasteiger partial charge in [0.1, 0.15) is 0 Å². The average Bonchev–Trinajstić information content (AvgIpc) is 2.26. The van der Waals surface area contributed by atoms with E-state index in [4.69, 9.17) is 5.11 Å². The first-order valence-corrected chi connectivity index (χ1v) is 6.26. The second-order valence-electron chi connectivity index (χ2n) is 5.87. The Morgan fingerprint density at radius 3 is 2.55 bits per heavy atom. The van der Waals surface area contributed by atoms with E-state index in [2.05, 4.69) is 10.3 Å². The highest BCUT2D eigenvalue weighted by molar-refractivity contribution is 5.68. The van der Waals surface area contributed by atoms with Crippen LogP contribution in [0.3, 0.4) is 0 Å². The summed E-state index contributed by atoms with van der Waals surface area (Å²) in [6.07, 6.45) is 1.99. The number of pyridine rings is 1. The molecular formula is C13H19N3O4. The summed E-state index contributed by atoms with van der Waals surface area (Å²) in [5.41, 5.74) is 0.549. The summed E-state index contributed by atoms with van der Waals surface area (Å²) in [6, 6.07) is 2.57. The predicted octanol–water partition coefficient (Wildman–Crippen LogP) is 2.68. The summed E-state index contributed by atoms with van der Waals surface area (Å²) in [5.74, 6) is -1.12. The van der Waals surface area contributed by atoms with Crippen LogP contribution in [0, 0.1) is 15.5 Å². The van der Waals surface area contributed by atoms with Crippen molar-refractivity contribution in [2.75, 3.05) is 5.32 Å². The van der Waals surface area contributed by atoms with Crippen LogP contribution in [-0.4, -0.2) is 27.0 Å². The third-order valence-electron chi connectivity index (χ3n) is 2.59. The normalized spacial score (nSPS) is 12.8. The molecule has 1 aromatic rings. The molecule has 0 spiro atoms. The minimum absolute atomic E-state index is 0.0196. The van der Waals surface area contributed by atoms with Gasteiger partial charge in [0.2, 0.25) is 0 Å². The summed E-state index contributed by atoms with van der Waals surface area (Å²) in [4.78, 5) is 24.5. The van der Waals surface area contributed by atoms with Crippen molar-refractivity contribution in [1.29, 1.82) is 0 Å². The summed E-state index contributed by atoms with van der Waals surface area (Å²) < 4.78 is 0. The van der Waals surface area contributed by atoms with E-state index < -0.39 is 10.9 Å². The number of aliphatic carboxylic acids is 1. The number of carboxylic acid groups (broad SMARTS) is 1. The Kier molecular flexibility index (Phi) is 5.01. The summed E-state index contributed by atoms with van der Waals surface area (Å²) >= 11 is 0. The molecule has 0 saturated carbocycles. The molecule has 0 radical (unpaired) electrons. The van der Waals surface area contributed by atoms with Crippen LogP contribution >= 0.6 is 0 Å². The van der Waals surface area contributed by atoms with Crippen molar-refractivity contribution in [3.63, 3.8) is 0 Å². The lowest BCUT2D eigenvalue weighted by Crippen LogP contribution is -2.28. The second kappa shape index (κ2) is 6.31. The van der Waals surface area contributed by atoms with Crippen molar-refractivity contribution in [3.05, 3.63) is 28.4 Å². The van der Waals surface area contributed by atoms with Crippen LogP contribution in [0.2, 0.25) is 0 Å². The highest BCUT2D eigenvalue weighted by atomic mass is 16.6. The number of aromatic nitrogens is 1. The second-order valence-corrected chi connectivity index (χ2v) is 5.87. The number of carbonyl (C=O) groups is 1. The highest BCUT2D eigenvalue weighted by Gasteiger charge is 2.21. The summed E-state index contributed by atoms with van der Waals surface area (Å²) in [6.45, 7) is 6.08. The fraction of sp³-hybridized carbons (Fsp3) is 0.538. The molecule has 7 heteroatoms. The fourth-order valence-electron chi connectivity index (χ4n) is 1.94. The lowest BCUT2D eigenvalue weighted by molar-refractivity contribution is -0.389. The van der Waals surface area contributed by atoms with Gasteiger partial charge < -0.3 is 20.5 Å². The van der Waals surface area contributed by atoms with Gasteiger partial charge in [-0.05, 0) is 27.8 Å².